The predicted molar refractivity (Wildman–Crippen MR) is 110 cm³/mol. The zero-order chi connectivity index (χ0) is 18.5. The number of carbonyl (C=O) groups excluding carboxylic acids is 1. The summed E-state index contributed by atoms with van der Waals surface area (Å²) in [7, 11) is 0. The molecule has 0 aliphatic carbocycles. The number of amides is 1. The largest absolute Gasteiger partial charge is 0.375 e. The van der Waals surface area contributed by atoms with Gasteiger partial charge < -0.3 is 11.1 Å². The minimum Gasteiger partial charge on any atom is -0.375 e. The van der Waals surface area contributed by atoms with Crippen LogP contribution in [0.25, 0.3) is 17.3 Å². The van der Waals surface area contributed by atoms with E-state index in [1.165, 1.54) is 16.9 Å². The number of rotatable bonds is 5. The van der Waals surface area contributed by atoms with Crippen molar-refractivity contribution in [2.75, 3.05) is 11.1 Å². The standard InChI is InChI=1S/C21H21N3OS/c1-14(2)16-6-3-15(4-7-16)5-12-20(25)23-18-10-8-17(9-11-18)19-13-26-21(22)24-19/h3-14H,1-2H3,(H2,22,24)(H,23,25)/b12-5+. The summed E-state index contributed by atoms with van der Waals surface area (Å²) in [5.41, 5.74) is 10.5. The van der Waals surface area contributed by atoms with Gasteiger partial charge in [0.2, 0.25) is 5.91 Å². The number of hydrogen-bond acceptors (Lipinski definition) is 4. The number of nitrogens with zero attached hydrogens (tertiary/aromatic N) is 1. The van der Waals surface area contributed by atoms with Crippen LogP contribution in [0.4, 0.5) is 10.8 Å². The van der Waals surface area contributed by atoms with Gasteiger partial charge in [-0.3, -0.25) is 4.79 Å². The Morgan fingerprint density at radius 1 is 1.12 bits per heavy atom. The van der Waals surface area contributed by atoms with Gasteiger partial charge in [-0.1, -0.05) is 50.2 Å². The fraction of sp³-hybridized carbons (Fsp3) is 0.143. The van der Waals surface area contributed by atoms with Crippen LogP contribution in [0.2, 0.25) is 0 Å². The summed E-state index contributed by atoms with van der Waals surface area (Å²) in [6.07, 6.45) is 3.35. The lowest BCUT2D eigenvalue weighted by atomic mass is 10.0. The van der Waals surface area contributed by atoms with Crippen LogP contribution in [0.1, 0.15) is 30.9 Å². The number of hydrogen-bond donors (Lipinski definition) is 2. The molecule has 132 valence electrons. The second-order valence-corrected chi connectivity index (χ2v) is 7.18. The van der Waals surface area contributed by atoms with Gasteiger partial charge in [-0.2, -0.15) is 0 Å². The van der Waals surface area contributed by atoms with Crippen LogP contribution < -0.4 is 11.1 Å². The lowest BCUT2D eigenvalue weighted by Gasteiger charge is -2.05. The summed E-state index contributed by atoms with van der Waals surface area (Å²) in [5.74, 6) is 0.337. The van der Waals surface area contributed by atoms with Crippen LogP contribution in [0.15, 0.2) is 60.0 Å². The summed E-state index contributed by atoms with van der Waals surface area (Å²) in [4.78, 5) is 16.3. The summed E-state index contributed by atoms with van der Waals surface area (Å²) in [5, 5.41) is 5.32. The van der Waals surface area contributed by atoms with Crippen LogP contribution >= 0.6 is 11.3 Å². The van der Waals surface area contributed by atoms with E-state index in [4.69, 9.17) is 5.73 Å². The molecule has 0 atom stereocenters. The normalized spacial score (nSPS) is 11.2. The first kappa shape index (κ1) is 17.9. The van der Waals surface area contributed by atoms with Crippen molar-refractivity contribution in [3.63, 3.8) is 0 Å². The number of nitrogens with two attached hydrogens (primary N) is 1. The molecule has 0 spiro atoms. The SMILES string of the molecule is CC(C)c1ccc(/C=C/C(=O)Nc2ccc(-c3csc(N)n3)cc2)cc1. The highest BCUT2D eigenvalue weighted by Crippen LogP contribution is 2.24. The van der Waals surface area contributed by atoms with Gasteiger partial charge in [0.25, 0.3) is 0 Å². The summed E-state index contributed by atoms with van der Waals surface area (Å²) in [6, 6.07) is 15.8. The molecule has 26 heavy (non-hydrogen) atoms. The van der Waals surface area contributed by atoms with Gasteiger partial charge in [0.05, 0.1) is 5.69 Å². The lowest BCUT2D eigenvalue weighted by molar-refractivity contribution is -0.111. The van der Waals surface area contributed by atoms with Crippen LogP contribution in [0.3, 0.4) is 0 Å². The monoisotopic (exact) mass is 363 g/mol. The molecule has 1 aromatic heterocycles. The van der Waals surface area contributed by atoms with Crippen LogP contribution in [0, 0.1) is 0 Å². The Kier molecular flexibility index (Phi) is 5.49. The van der Waals surface area contributed by atoms with E-state index < -0.39 is 0 Å². The van der Waals surface area contributed by atoms with E-state index in [1.807, 2.05) is 47.9 Å². The number of benzene rings is 2. The molecule has 0 saturated carbocycles. The first-order valence-electron chi connectivity index (χ1n) is 8.42. The molecule has 0 radical (unpaired) electrons. The molecule has 1 heterocycles. The van der Waals surface area contributed by atoms with Gasteiger partial charge in [-0.25, -0.2) is 4.98 Å². The van der Waals surface area contributed by atoms with E-state index in [1.54, 1.807) is 6.08 Å². The van der Waals surface area contributed by atoms with E-state index in [0.29, 0.717) is 11.0 Å². The minimum absolute atomic E-state index is 0.163. The second-order valence-electron chi connectivity index (χ2n) is 6.29. The van der Waals surface area contributed by atoms with Crippen molar-refractivity contribution in [2.45, 2.75) is 19.8 Å². The molecule has 5 heteroatoms. The van der Waals surface area contributed by atoms with Gasteiger partial charge in [-0.15, -0.1) is 11.3 Å². The average Bonchev–Trinajstić information content (AvgIpc) is 3.07. The van der Waals surface area contributed by atoms with Crippen molar-refractivity contribution in [1.82, 2.24) is 4.98 Å². The molecular formula is C21H21N3OS. The van der Waals surface area contributed by atoms with Crippen molar-refractivity contribution in [3.05, 3.63) is 71.1 Å². The highest BCUT2D eigenvalue weighted by molar-refractivity contribution is 7.13. The first-order chi connectivity index (χ1) is 12.5. The smallest absolute Gasteiger partial charge is 0.248 e. The van der Waals surface area contributed by atoms with E-state index >= 15 is 0 Å². The average molecular weight is 363 g/mol. The van der Waals surface area contributed by atoms with Gasteiger partial charge in [-0.05, 0) is 35.3 Å². The third kappa shape index (κ3) is 4.58. The maximum Gasteiger partial charge on any atom is 0.248 e. The second kappa shape index (κ2) is 7.97. The van der Waals surface area contributed by atoms with Gasteiger partial charge in [0.15, 0.2) is 5.13 Å². The topological polar surface area (TPSA) is 68.0 Å². The summed E-state index contributed by atoms with van der Waals surface area (Å²) >= 11 is 1.41. The fourth-order valence-corrected chi connectivity index (χ4v) is 3.06. The van der Waals surface area contributed by atoms with Crippen molar-refractivity contribution in [2.24, 2.45) is 0 Å². The Morgan fingerprint density at radius 3 is 2.38 bits per heavy atom. The number of nitrogens with one attached hydrogen (secondary N) is 1. The number of carbonyl (C=O) groups is 1. The number of aromatic nitrogens is 1. The zero-order valence-electron chi connectivity index (χ0n) is 14.8. The highest BCUT2D eigenvalue weighted by atomic mass is 32.1. The maximum atomic E-state index is 12.1. The van der Waals surface area contributed by atoms with E-state index in [0.717, 1.165) is 22.5 Å². The molecule has 0 bridgehead atoms. The van der Waals surface area contributed by atoms with Gasteiger partial charge in [0.1, 0.15) is 0 Å². The van der Waals surface area contributed by atoms with Gasteiger partial charge >= 0.3 is 0 Å². The Morgan fingerprint density at radius 2 is 1.81 bits per heavy atom. The Hall–Kier alpha value is -2.92. The van der Waals surface area contributed by atoms with Crippen molar-refractivity contribution >= 4 is 34.1 Å². The molecule has 0 aliphatic rings. The van der Waals surface area contributed by atoms with Crippen LogP contribution in [0.5, 0.6) is 0 Å². The van der Waals surface area contributed by atoms with Crippen molar-refractivity contribution in [3.8, 4) is 11.3 Å². The molecule has 1 amide bonds. The molecular weight excluding hydrogens is 342 g/mol. The molecule has 0 aliphatic heterocycles. The van der Waals surface area contributed by atoms with Crippen molar-refractivity contribution < 1.29 is 4.79 Å². The number of nitrogen functional groups attached to an aromatic ring is 1. The Balaban J connectivity index is 1.60. The summed E-state index contributed by atoms with van der Waals surface area (Å²) < 4.78 is 0. The van der Waals surface area contributed by atoms with E-state index in [-0.39, 0.29) is 5.91 Å². The van der Waals surface area contributed by atoms with E-state index in [2.05, 4.69) is 36.3 Å². The number of anilines is 2. The first-order valence-corrected chi connectivity index (χ1v) is 9.29. The van der Waals surface area contributed by atoms with E-state index in [9.17, 15) is 4.79 Å². The molecule has 3 aromatic rings. The predicted octanol–water partition coefficient (Wildman–Crippen LogP) is 5.17. The molecule has 0 unspecified atom stereocenters. The van der Waals surface area contributed by atoms with Crippen molar-refractivity contribution in [1.29, 1.82) is 0 Å². The van der Waals surface area contributed by atoms with Gasteiger partial charge in [0, 0.05) is 22.7 Å². The molecule has 0 saturated heterocycles. The maximum absolute atomic E-state index is 12.1. The lowest BCUT2D eigenvalue weighted by Crippen LogP contribution is -2.07. The Bertz CT molecular complexity index is 909. The molecule has 3 N–H and O–H groups in total. The minimum atomic E-state index is -0.163. The summed E-state index contributed by atoms with van der Waals surface area (Å²) in [6.45, 7) is 4.32. The molecule has 3 rings (SSSR count). The number of thiazole rings is 1. The zero-order valence-corrected chi connectivity index (χ0v) is 15.6. The van der Waals surface area contributed by atoms with Crippen LogP contribution in [-0.2, 0) is 4.79 Å². The molecule has 4 nitrogen and oxygen atoms in total. The third-order valence-electron chi connectivity index (χ3n) is 4.00. The highest BCUT2D eigenvalue weighted by Gasteiger charge is 2.04. The Labute approximate surface area is 157 Å². The quantitative estimate of drug-likeness (QED) is 0.615. The van der Waals surface area contributed by atoms with Crippen LogP contribution in [-0.4, -0.2) is 10.9 Å². The fourth-order valence-electron chi connectivity index (χ4n) is 2.49. The third-order valence-corrected chi connectivity index (χ3v) is 4.67. The molecule has 2 aromatic carbocycles. The molecule has 0 fully saturated rings.